The molecule has 0 aliphatic heterocycles. The Morgan fingerprint density at radius 1 is 1.52 bits per heavy atom. The summed E-state index contributed by atoms with van der Waals surface area (Å²) >= 11 is 0. The van der Waals surface area contributed by atoms with Crippen molar-refractivity contribution in [2.45, 2.75) is 6.92 Å². The van der Waals surface area contributed by atoms with Crippen LogP contribution in [0.1, 0.15) is 23.0 Å². The zero-order valence-corrected chi connectivity index (χ0v) is 11.8. The number of hydrazone groups is 1. The zero-order valence-electron chi connectivity index (χ0n) is 11.8. The molecule has 7 heteroatoms. The largest absolute Gasteiger partial charge is 0.504 e. The van der Waals surface area contributed by atoms with E-state index >= 15 is 0 Å². The highest BCUT2D eigenvalue weighted by atomic mass is 16.5. The number of rotatable bonds is 5. The highest BCUT2D eigenvalue weighted by molar-refractivity contribution is 5.93. The Labute approximate surface area is 121 Å². The number of phenols is 1. The van der Waals surface area contributed by atoms with Crippen molar-refractivity contribution in [1.29, 1.82) is 0 Å². The van der Waals surface area contributed by atoms with Gasteiger partial charge in [0.25, 0.3) is 5.91 Å². The summed E-state index contributed by atoms with van der Waals surface area (Å²) in [7, 11) is 1.72. The van der Waals surface area contributed by atoms with Gasteiger partial charge in [0.1, 0.15) is 0 Å². The number of hydrogen-bond acceptors (Lipinski definition) is 5. The summed E-state index contributed by atoms with van der Waals surface area (Å²) in [5, 5.41) is 17.5. The van der Waals surface area contributed by atoms with Crippen molar-refractivity contribution in [1.82, 2.24) is 15.2 Å². The topological polar surface area (TPSA) is 88.7 Å². The quantitative estimate of drug-likeness (QED) is 0.641. The van der Waals surface area contributed by atoms with Crippen LogP contribution in [0, 0.1) is 0 Å². The first kappa shape index (κ1) is 14.6. The Kier molecular flexibility index (Phi) is 4.55. The molecular weight excluding hydrogens is 272 g/mol. The number of nitrogens with zero attached hydrogens (tertiary/aromatic N) is 3. The Morgan fingerprint density at radius 2 is 2.33 bits per heavy atom. The van der Waals surface area contributed by atoms with Gasteiger partial charge in [0, 0.05) is 13.2 Å². The molecule has 0 saturated carbocycles. The standard InChI is InChI=1S/C14H16N4O3/c1-3-21-13-5-4-10(8-12(13)19)9-15-16-14(20)11-6-7-18(2)17-11/h4-9,19H,3H2,1-2H3,(H,16,20)/b15-9+. The smallest absolute Gasteiger partial charge is 0.291 e. The molecule has 0 saturated heterocycles. The fourth-order valence-corrected chi connectivity index (χ4v) is 1.65. The molecule has 1 aromatic heterocycles. The lowest BCUT2D eigenvalue weighted by Gasteiger charge is -2.05. The van der Waals surface area contributed by atoms with Gasteiger partial charge < -0.3 is 9.84 Å². The van der Waals surface area contributed by atoms with Crippen LogP contribution in [-0.4, -0.2) is 33.6 Å². The lowest BCUT2D eigenvalue weighted by Crippen LogP contribution is -2.18. The van der Waals surface area contributed by atoms with Crippen LogP contribution < -0.4 is 10.2 Å². The number of nitrogens with one attached hydrogen (secondary N) is 1. The molecule has 0 radical (unpaired) electrons. The summed E-state index contributed by atoms with van der Waals surface area (Å²) < 4.78 is 6.75. The van der Waals surface area contributed by atoms with Gasteiger partial charge in [-0.3, -0.25) is 9.48 Å². The maximum Gasteiger partial charge on any atom is 0.291 e. The summed E-state index contributed by atoms with van der Waals surface area (Å²) in [5.74, 6) is 0.0334. The van der Waals surface area contributed by atoms with Crippen LogP contribution in [0.3, 0.4) is 0 Å². The molecule has 0 unspecified atom stereocenters. The number of carbonyl (C=O) groups excluding carboxylic acids is 1. The molecule has 2 aromatic rings. The van der Waals surface area contributed by atoms with Crippen LogP contribution in [0.15, 0.2) is 35.6 Å². The van der Waals surface area contributed by atoms with E-state index in [0.717, 1.165) is 0 Å². The van der Waals surface area contributed by atoms with Crippen molar-refractivity contribution in [2.75, 3.05) is 6.61 Å². The molecule has 0 bridgehead atoms. The minimum absolute atomic E-state index is 0.0249. The molecule has 2 N–H and O–H groups in total. The number of hydrogen-bond donors (Lipinski definition) is 2. The number of benzene rings is 1. The Balaban J connectivity index is 1.98. The van der Waals surface area contributed by atoms with E-state index in [0.29, 0.717) is 17.9 Å². The minimum atomic E-state index is -0.401. The van der Waals surface area contributed by atoms with Crippen molar-refractivity contribution in [3.05, 3.63) is 41.7 Å². The fourth-order valence-electron chi connectivity index (χ4n) is 1.65. The zero-order chi connectivity index (χ0) is 15.2. The van der Waals surface area contributed by atoms with Gasteiger partial charge in [0.05, 0.1) is 12.8 Å². The summed E-state index contributed by atoms with van der Waals surface area (Å²) in [6.45, 7) is 2.31. The van der Waals surface area contributed by atoms with Gasteiger partial charge in [-0.15, -0.1) is 0 Å². The molecule has 2 rings (SSSR count). The SMILES string of the molecule is CCOc1ccc(/C=N/NC(=O)c2ccn(C)n2)cc1O. The normalized spacial score (nSPS) is 10.8. The van der Waals surface area contributed by atoms with Crippen LogP contribution in [0.25, 0.3) is 0 Å². The Bertz CT molecular complexity index is 664. The van der Waals surface area contributed by atoms with Crippen LogP contribution in [0.5, 0.6) is 11.5 Å². The first-order chi connectivity index (χ1) is 10.1. The second-order valence-corrected chi connectivity index (χ2v) is 4.23. The van der Waals surface area contributed by atoms with Crippen molar-refractivity contribution >= 4 is 12.1 Å². The van der Waals surface area contributed by atoms with E-state index in [9.17, 15) is 9.90 Å². The molecule has 1 amide bonds. The van der Waals surface area contributed by atoms with E-state index in [1.54, 1.807) is 31.4 Å². The summed E-state index contributed by atoms with van der Waals surface area (Å²) in [6.07, 6.45) is 3.10. The lowest BCUT2D eigenvalue weighted by atomic mass is 10.2. The van der Waals surface area contributed by atoms with Crippen molar-refractivity contribution in [2.24, 2.45) is 12.1 Å². The second-order valence-electron chi connectivity index (χ2n) is 4.23. The highest BCUT2D eigenvalue weighted by Crippen LogP contribution is 2.25. The predicted molar refractivity (Wildman–Crippen MR) is 77.5 cm³/mol. The lowest BCUT2D eigenvalue weighted by molar-refractivity contribution is 0.0949. The molecule has 1 aromatic carbocycles. The molecule has 0 aliphatic carbocycles. The van der Waals surface area contributed by atoms with E-state index in [4.69, 9.17) is 4.74 Å². The van der Waals surface area contributed by atoms with E-state index in [1.807, 2.05) is 6.92 Å². The van der Waals surface area contributed by atoms with Crippen molar-refractivity contribution in [3.63, 3.8) is 0 Å². The molecule has 7 nitrogen and oxygen atoms in total. The first-order valence-electron chi connectivity index (χ1n) is 6.39. The third kappa shape index (κ3) is 3.82. The average molecular weight is 288 g/mol. The molecule has 0 aliphatic rings. The molecule has 0 spiro atoms. The Hall–Kier alpha value is -2.83. The van der Waals surface area contributed by atoms with E-state index in [-0.39, 0.29) is 11.4 Å². The van der Waals surface area contributed by atoms with Gasteiger partial charge in [-0.2, -0.15) is 10.2 Å². The molecular formula is C14H16N4O3. The number of carbonyl (C=O) groups is 1. The van der Waals surface area contributed by atoms with Gasteiger partial charge in [-0.05, 0) is 36.8 Å². The van der Waals surface area contributed by atoms with Crippen LogP contribution in [-0.2, 0) is 7.05 Å². The maximum atomic E-state index is 11.7. The molecule has 1 heterocycles. The molecule has 21 heavy (non-hydrogen) atoms. The van der Waals surface area contributed by atoms with Crippen LogP contribution >= 0.6 is 0 Å². The number of aryl methyl sites for hydroxylation is 1. The highest BCUT2D eigenvalue weighted by Gasteiger charge is 2.07. The monoisotopic (exact) mass is 288 g/mol. The van der Waals surface area contributed by atoms with Gasteiger partial charge in [-0.1, -0.05) is 0 Å². The predicted octanol–water partition coefficient (Wildman–Crippen LogP) is 1.29. The third-order valence-electron chi connectivity index (χ3n) is 2.61. The number of phenolic OH excluding ortho intramolecular Hbond substituents is 1. The third-order valence-corrected chi connectivity index (χ3v) is 2.61. The van der Waals surface area contributed by atoms with E-state index in [2.05, 4.69) is 15.6 Å². The fraction of sp³-hybridized carbons (Fsp3) is 0.214. The van der Waals surface area contributed by atoms with E-state index in [1.165, 1.54) is 17.0 Å². The van der Waals surface area contributed by atoms with Crippen molar-refractivity contribution in [3.8, 4) is 11.5 Å². The van der Waals surface area contributed by atoms with E-state index < -0.39 is 5.91 Å². The average Bonchev–Trinajstić information content (AvgIpc) is 2.88. The maximum absolute atomic E-state index is 11.7. The molecule has 0 atom stereocenters. The van der Waals surface area contributed by atoms with Crippen LogP contribution in [0.2, 0.25) is 0 Å². The minimum Gasteiger partial charge on any atom is -0.504 e. The first-order valence-corrected chi connectivity index (χ1v) is 6.39. The number of aromatic nitrogens is 2. The van der Waals surface area contributed by atoms with Gasteiger partial charge in [-0.25, -0.2) is 5.43 Å². The van der Waals surface area contributed by atoms with Gasteiger partial charge in [0.2, 0.25) is 0 Å². The number of ether oxygens (including phenoxy) is 1. The summed E-state index contributed by atoms with van der Waals surface area (Å²) in [5.41, 5.74) is 3.28. The molecule has 0 fully saturated rings. The molecule has 110 valence electrons. The van der Waals surface area contributed by atoms with Crippen LogP contribution in [0.4, 0.5) is 0 Å². The Morgan fingerprint density at radius 3 is 2.95 bits per heavy atom. The number of amides is 1. The van der Waals surface area contributed by atoms with Gasteiger partial charge >= 0.3 is 0 Å². The van der Waals surface area contributed by atoms with Gasteiger partial charge in [0.15, 0.2) is 17.2 Å². The summed E-state index contributed by atoms with van der Waals surface area (Å²) in [4.78, 5) is 11.7. The van der Waals surface area contributed by atoms with Crippen molar-refractivity contribution < 1.29 is 14.6 Å². The second kappa shape index (κ2) is 6.56. The summed E-state index contributed by atoms with van der Waals surface area (Å²) in [6, 6.07) is 6.46. The number of aromatic hydroxyl groups is 1.